The molecule has 0 bridgehead atoms. The minimum Gasteiger partial charge on any atom is -0.309 e. The van der Waals surface area contributed by atoms with Gasteiger partial charge in [0.25, 0.3) is 0 Å². The average molecular weight is 604 g/mol. The molecule has 0 unspecified atom stereocenters. The van der Waals surface area contributed by atoms with Crippen molar-refractivity contribution in [3.8, 4) is 22.3 Å². The lowest BCUT2D eigenvalue weighted by Gasteiger charge is -2.26. The molecule has 0 saturated carbocycles. The molecule has 0 aliphatic rings. The van der Waals surface area contributed by atoms with Crippen LogP contribution in [0.1, 0.15) is 0 Å². The van der Waals surface area contributed by atoms with Crippen molar-refractivity contribution >= 4 is 70.1 Å². The van der Waals surface area contributed by atoms with Crippen LogP contribution in [-0.2, 0) is 0 Å². The van der Waals surface area contributed by atoms with Gasteiger partial charge in [0, 0.05) is 26.8 Å². The van der Waals surface area contributed by atoms with E-state index < -0.39 is 0 Å². The monoisotopic (exact) mass is 603 g/mol. The zero-order valence-electron chi connectivity index (χ0n) is 25.1. The van der Waals surface area contributed by atoms with Gasteiger partial charge >= 0.3 is 0 Å². The predicted octanol–water partition coefficient (Wildman–Crippen LogP) is 13.2. The quantitative estimate of drug-likeness (QED) is 0.177. The van der Waals surface area contributed by atoms with Crippen molar-refractivity contribution in [1.29, 1.82) is 0 Å². The van der Waals surface area contributed by atoms with Gasteiger partial charge in [0.05, 0.1) is 10.4 Å². The number of benzene rings is 8. The van der Waals surface area contributed by atoms with Crippen LogP contribution in [0.2, 0.25) is 0 Å². The summed E-state index contributed by atoms with van der Waals surface area (Å²) in [7, 11) is 0. The van der Waals surface area contributed by atoms with Crippen molar-refractivity contribution in [1.82, 2.24) is 0 Å². The minimum atomic E-state index is 1.13. The molecule has 0 aliphatic heterocycles. The summed E-state index contributed by atoms with van der Waals surface area (Å²) >= 11 is 1.87. The summed E-state index contributed by atoms with van der Waals surface area (Å²) in [5.41, 5.74) is 8.41. The van der Waals surface area contributed by atoms with E-state index in [1.165, 1.54) is 69.7 Å². The van der Waals surface area contributed by atoms with E-state index in [9.17, 15) is 0 Å². The van der Waals surface area contributed by atoms with Crippen LogP contribution in [-0.4, -0.2) is 0 Å². The highest BCUT2D eigenvalue weighted by Gasteiger charge is 2.19. The van der Waals surface area contributed by atoms with Gasteiger partial charge in [-0.1, -0.05) is 133 Å². The first-order chi connectivity index (χ1) is 22.8. The molecule has 46 heavy (non-hydrogen) atoms. The van der Waals surface area contributed by atoms with Crippen molar-refractivity contribution < 1.29 is 0 Å². The number of nitrogens with zero attached hydrogens (tertiary/aromatic N) is 1. The Balaban J connectivity index is 1.23. The zero-order valence-corrected chi connectivity index (χ0v) is 25.9. The van der Waals surface area contributed by atoms with Gasteiger partial charge in [0.15, 0.2) is 0 Å². The van der Waals surface area contributed by atoms with E-state index >= 15 is 0 Å². The van der Waals surface area contributed by atoms with Gasteiger partial charge in [-0.15, -0.1) is 11.3 Å². The van der Waals surface area contributed by atoms with Crippen LogP contribution >= 0.6 is 11.3 Å². The molecule has 216 valence electrons. The molecule has 1 heterocycles. The second-order valence-corrected chi connectivity index (χ2v) is 12.8. The largest absolute Gasteiger partial charge is 0.309 e. The molecule has 9 rings (SSSR count). The summed E-state index contributed by atoms with van der Waals surface area (Å²) in [4.78, 5) is 2.40. The van der Waals surface area contributed by atoms with E-state index in [4.69, 9.17) is 0 Å². The SMILES string of the molecule is c1ccc(-c2cc3ccccc3c3cccc(-c4ccc(N(c5ccccc5)c5cccc6c5sc5ccccc56)cc4)c23)cc1. The topological polar surface area (TPSA) is 3.24 Å². The molecule has 0 saturated heterocycles. The Morgan fingerprint density at radius 1 is 0.391 bits per heavy atom. The molecular formula is C44H29NS. The lowest BCUT2D eigenvalue weighted by atomic mass is 9.88. The Morgan fingerprint density at radius 2 is 1.00 bits per heavy atom. The summed E-state index contributed by atoms with van der Waals surface area (Å²) in [6.45, 7) is 0. The molecule has 8 aromatic carbocycles. The maximum atomic E-state index is 2.40. The number of para-hydroxylation sites is 1. The first-order valence-electron chi connectivity index (χ1n) is 15.7. The van der Waals surface area contributed by atoms with E-state index in [1.54, 1.807) is 0 Å². The third-order valence-electron chi connectivity index (χ3n) is 9.04. The van der Waals surface area contributed by atoms with Gasteiger partial charge in [-0.05, 0) is 86.3 Å². The van der Waals surface area contributed by atoms with Crippen LogP contribution < -0.4 is 4.90 Å². The second-order valence-electron chi connectivity index (χ2n) is 11.7. The molecule has 1 nitrogen and oxygen atoms in total. The average Bonchev–Trinajstić information content (AvgIpc) is 3.52. The molecule has 0 amide bonds. The van der Waals surface area contributed by atoms with E-state index in [0.717, 1.165) is 11.4 Å². The van der Waals surface area contributed by atoms with Crippen molar-refractivity contribution in [2.24, 2.45) is 0 Å². The molecule has 0 fully saturated rings. The van der Waals surface area contributed by atoms with Gasteiger partial charge < -0.3 is 4.90 Å². The van der Waals surface area contributed by atoms with Crippen LogP contribution in [0.25, 0.3) is 64.0 Å². The zero-order chi connectivity index (χ0) is 30.5. The Morgan fingerprint density at radius 3 is 1.83 bits per heavy atom. The van der Waals surface area contributed by atoms with Crippen molar-refractivity contribution in [2.75, 3.05) is 4.90 Å². The van der Waals surface area contributed by atoms with Crippen LogP contribution in [0.4, 0.5) is 17.1 Å². The number of anilines is 3. The van der Waals surface area contributed by atoms with Gasteiger partial charge in [-0.2, -0.15) is 0 Å². The maximum Gasteiger partial charge on any atom is 0.0640 e. The highest BCUT2D eigenvalue weighted by Crippen LogP contribution is 2.46. The van der Waals surface area contributed by atoms with Crippen LogP contribution in [0.15, 0.2) is 176 Å². The van der Waals surface area contributed by atoms with E-state index in [1.807, 2.05) is 11.3 Å². The summed E-state index contributed by atoms with van der Waals surface area (Å²) in [6.07, 6.45) is 0. The molecule has 2 heteroatoms. The lowest BCUT2D eigenvalue weighted by molar-refractivity contribution is 1.30. The molecule has 0 radical (unpaired) electrons. The first-order valence-corrected chi connectivity index (χ1v) is 16.5. The summed E-state index contributed by atoms with van der Waals surface area (Å²) in [6, 6.07) is 63.8. The molecule has 0 aliphatic carbocycles. The van der Waals surface area contributed by atoms with Crippen molar-refractivity contribution in [2.45, 2.75) is 0 Å². The fourth-order valence-corrected chi connectivity index (χ4v) is 8.16. The third kappa shape index (κ3) is 4.38. The van der Waals surface area contributed by atoms with E-state index in [0.29, 0.717) is 0 Å². The van der Waals surface area contributed by atoms with Crippen LogP contribution in [0, 0.1) is 0 Å². The minimum absolute atomic E-state index is 1.13. The number of thiophene rings is 1. The Kier molecular flexibility index (Phi) is 6.40. The number of fused-ring (bicyclic) bond motifs is 6. The fourth-order valence-electron chi connectivity index (χ4n) is 6.95. The molecular weight excluding hydrogens is 575 g/mol. The Bertz CT molecular complexity index is 2510. The standard InChI is InChI=1S/C44H29NS/c1-3-13-30(14-4-1)40-29-32-15-7-8-18-35(32)38-21-11-20-36(43(38)40)31-25-27-34(28-26-31)45(33-16-5-2-6-17-33)41-23-12-22-39-37-19-9-10-24-42(37)46-44(39)41/h1-29H. The maximum absolute atomic E-state index is 2.40. The predicted molar refractivity (Wildman–Crippen MR) is 200 cm³/mol. The van der Waals surface area contributed by atoms with E-state index in [2.05, 4.69) is 181 Å². The smallest absolute Gasteiger partial charge is 0.0640 e. The number of hydrogen-bond acceptors (Lipinski definition) is 2. The summed E-state index contributed by atoms with van der Waals surface area (Å²) in [5.74, 6) is 0. The van der Waals surface area contributed by atoms with Crippen LogP contribution in [0.5, 0.6) is 0 Å². The highest BCUT2D eigenvalue weighted by atomic mass is 32.1. The van der Waals surface area contributed by atoms with Gasteiger partial charge in [-0.3, -0.25) is 0 Å². The Hall–Kier alpha value is -5.70. The third-order valence-corrected chi connectivity index (χ3v) is 10.3. The van der Waals surface area contributed by atoms with E-state index in [-0.39, 0.29) is 0 Å². The van der Waals surface area contributed by atoms with Gasteiger partial charge in [-0.25, -0.2) is 0 Å². The summed E-state index contributed by atoms with van der Waals surface area (Å²) in [5, 5.41) is 7.71. The lowest BCUT2D eigenvalue weighted by Crippen LogP contribution is -2.09. The van der Waals surface area contributed by atoms with Crippen molar-refractivity contribution in [3.63, 3.8) is 0 Å². The molecule has 0 spiro atoms. The Labute approximate surface area is 272 Å². The molecule has 9 aromatic rings. The molecule has 0 N–H and O–H groups in total. The molecule has 1 aromatic heterocycles. The van der Waals surface area contributed by atoms with Gasteiger partial charge in [0.2, 0.25) is 0 Å². The van der Waals surface area contributed by atoms with Gasteiger partial charge in [0.1, 0.15) is 0 Å². The normalized spacial score (nSPS) is 11.5. The number of rotatable bonds is 5. The number of hydrogen-bond donors (Lipinski definition) is 0. The molecule has 0 atom stereocenters. The highest BCUT2D eigenvalue weighted by molar-refractivity contribution is 7.26. The van der Waals surface area contributed by atoms with Crippen molar-refractivity contribution in [3.05, 3.63) is 176 Å². The fraction of sp³-hybridized carbons (Fsp3) is 0. The first kappa shape index (κ1) is 26.7. The van der Waals surface area contributed by atoms with Crippen LogP contribution in [0.3, 0.4) is 0 Å². The second kappa shape index (κ2) is 11.0. The summed E-state index contributed by atoms with van der Waals surface area (Å²) < 4.78 is 2.61.